The Balaban J connectivity index is 0. The minimum Gasteiger partial charge on any atom is -0.358 e. The molecule has 146 valence electrons. The van der Waals surface area contributed by atoms with E-state index in [2.05, 4.69) is 95.2 Å². The molecule has 0 aliphatic heterocycles. The van der Waals surface area contributed by atoms with E-state index in [0.29, 0.717) is 0 Å². The summed E-state index contributed by atoms with van der Waals surface area (Å²) in [7, 11) is 3.36. The van der Waals surface area contributed by atoms with E-state index in [1.54, 1.807) is 0 Å². The molecule has 0 spiro atoms. The molecule has 0 saturated carbocycles. The normalized spacial score (nSPS) is 8.45. The minimum absolute atomic E-state index is 0. The molecular formula is C25H24Cl2SiZr. The smallest absolute Gasteiger partial charge is 0.358 e. The van der Waals surface area contributed by atoms with Gasteiger partial charge in [0.1, 0.15) is 0 Å². The van der Waals surface area contributed by atoms with Crippen molar-refractivity contribution in [1.29, 1.82) is 0 Å². The Labute approximate surface area is 209 Å². The van der Waals surface area contributed by atoms with Crippen molar-refractivity contribution in [1.82, 2.24) is 0 Å². The van der Waals surface area contributed by atoms with Crippen LogP contribution in [0, 0.1) is 7.43 Å². The monoisotopic (exact) mass is 512 g/mol. The van der Waals surface area contributed by atoms with Gasteiger partial charge in [-0.2, -0.15) is 35.0 Å². The standard InChI is InChI=1S/2C9H7.C6H5Si.CH3.2ClH.Zr/c2*1-2-5-9-7-3-6-8(9)4-1;7-6-4-2-1-3-5-6;;;;/h2*1-7H;1-5H;1H3;2*1H;/q2*-1;;-1;;;+3. The van der Waals surface area contributed by atoms with Gasteiger partial charge in [-0.1, -0.05) is 47.7 Å². The summed E-state index contributed by atoms with van der Waals surface area (Å²) < 4.78 is 0. The molecule has 4 heteroatoms. The van der Waals surface area contributed by atoms with E-state index < -0.39 is 0 Å². The van der Waals surface area contributed by atoms with Crippen LogP contribution in [0.2, 0.25) is 0 Å². The van der Waals surface area contributed by atoms with Crippen LogP contribution >= 0.6 is 24.8 Å². The summed E-state index contributed by atoms with van der Waals surface area (Å²) in [5.74, 6) is 0. The molecule has 4 radical (unpaired) electrons. The van der Waals surface area contributed by atoms with E-state index in [0.717, 1.165) is 5.19 Å². The number of benzene rings is 3. The van der Waals surface area contributed by atoms with Gasteiger partial charge in [0.15, 0.2) is 0 Å². The molecule has 0 aromatic heterocycles. The van der Waals surface area contributed by atoms with Gasteiger partial charge in [-0.3, -0.25) is 0 Å². The summed E-state index contributed by atoms with van der Waals surface area (Å²) in [6.45, 7) is 0. The third-order valence-electron chi connectivity index (χ3n) is 3.87. The molecule has 0 bridgehead atoms. The summed E-state index contributed by atoms with van der Waals surface area (Å²) in [4.78, 5) is 0. The van der Waals surface area contributed by atoms with Gasteiger partial charge < -0.3 is 7.43 Å². The maximum atomic E-state index is 3.36. The van der Waals surface area contributed by atoms with Gasteiger partial charge in [0.05, 0.1) is 10.2 Å². The summed E-state index contributed by atoms with van der Waals surface area (Å²) in [5, 5.41) is 6.45. The first-order chi connectivity index (χ1) is 12.3. The molecule has 0 unspecified atom stereocenters. The van der Waals surface area contributed by atoms with Gasteiger partial charge in [-0.15, -0.1) is 84.1 Å². The van der Waals surface area contributed by atoms with Crippen molar-refractivity contribution >= 4 is 61.8 Å². The van der Waals surface area contributed by atoms with Crippen molar-refractivity contribution < 1.29 is 26.2 Å². The number of hydrogen-bond acceptors (Lipinski definition) is 0. The Kier molecular flexibility index (Phi) is 16.8. The molecule has 0 amide bonds. The van der Waals surface area contributed by atoms with Crippen molar-refractivity contribution in [3.63, 3.8) is 0 Å². The predicted octanol–water partition coefficient (Wildman–Crippen LogP) is 6.89. The Hall–Kier alpha value is -1.44. The topological polar surface area (TPSA) is 0 Å². The molecule has 29 heavy (non-hydrogen) atoms. The Morgan fingerprint density at radius 3 is 1.24 bits per heavy atom. The third-order valence-corrected chi connectivity index (χ3v) is 4.20. The van der Waals surface area contributed by atoms with Gasteiger partial charge in [-0.25, -0.2) is 0 Å². The molecule has 0 nitrogen and oxygen atoms in total. The minimum atomic E-state index is 0. The van der Waals surface area contributed by atoms with Crippen molar-refractivity contribution in [2.75, 3.05) is 0 Å². The van der Waals surface area contributed by atoms with Gasteiger partial charge in [0.2, 0.25) is 0 Å². The third kappa shape index (κ3) is 9.74. The SMILES string of the molecule is Cl.Cl.[CH3-].[Si]c1ccccc1.[Zr+3].c1ccc2[cH-]ccc2c1.c1ccc2[cH-]ccc2c1. The van der Waals surface area contributed by atoms with E-state index in [1.165, 1.54) is 21.5 Å². The first-order valence-corrected chi connectivity index (χ1v) is 8.80. The van der Waals surface area contributed by atoms with Crippen LogP contribution in [0.1, 0.15) is 0 Å². The second-order valence-electron chi connectivity index (χ2n) is 5.68. The fourth-order valence-corrected chi connectivity index (χ4v) is 2.77. The van der Waals surface area contributed by atoms with Crippen LogP contribution in [0.25, 0.3) is 21.5 Å². The molecule has 0 saturated heterocycles. The van der Waals surface area contributed by atoms with Gasteiger partial charge in [0, 0.05) is 0 Å². The summed E-state index contributed by atoms with van der Waals surface area (Å²) in [5.41, 5.74) is 0. The largest absolute Gasteiger partial charge is 3.00 e. The zero-order valence-corrected chi connectivity index (χ0v) is 21.4. The number of rotatable bonds is 0. The van der Waals surface area contributed by atoms with Crippen LogP contribution in [-0.4, -0.2) is 10.2 Å². The van der Waals surface area contributed by atoms with E-state index in [4.69, 9.17) is 0 Å². The Morgan fingerprint density at radius 2 is 0.897 bits per heavy atom. The molecule has 0 aliphatic carbocycles. The van der Waals surface area contributed by atoms with Crippen LogP contribution in [0.4, 0.5) is 0 Å². The van der Waals surface area contributed by atoms with Crippen LogP contribution < -0.4 is 5.19 Å². The maximum Gasteiger partial charge on any atom is 3.00 e. The molecule has 5 aromatic carbocycles. The van der Waals surface area contributed by atoms with Gasteiger partial charge in [0.25, 0.3) is 0 Å². The summed E-state index contributed by atoms with van der Waals surface area (Å²) in [6, 6.07) is 39.3. The van der Waals surface area contributed by atoms with Crippen LogP contribution in [0.3, 0.4) is 0 Å². The number of hydrogen-bond donors (Lipinski definition) is 0. The quantitative estimate of drug-likeness (QED) is 0.156. The van der Waals surface area contributed by atoms with Crippen molar-refractivity contribution in [3.8, 4) is 0 Å². The van der Waals surface area contributed by atoms with Gasteiger partial charge >= 0.3 is 26.2 Å². The maximum absolute atomic E-state index is 3.36. The van der Waals surface area contributed by atoms with Crippen molar-refractivity contribution in [2.24, 2.45) is 0 Å². The molecule has 0 aliphatic rings. The zero-order chi connectivity index (χ0) is 17.3. The van der Waals surface area contributed by atoms with E-state index in [1.807, 2.05) is 30.3 Å². The number of halogens is 2. The van der Waals surface area contributed by atoms with Crippen LogP contribution in [0.15, 0.2) is 115 Å². The van der Waals surface area contributed by atoms with E-state index in [9.17, 15) is 0 Å². The van der Waals surface area contributed by atoms with E-state index >= 15 is 0 Å². The molecule has 0 fully saturated rings. The first kappa shape index (κ1) is 29.8. The predicted molar refractivity (Wildman–Crippen MR) is 132 cm³/mol. The van der Waals surface area contributed by atoms with Crippen LogP contribution in [-0.2, 0) is 26.2 Å². The molecule has 5 rings (SSSR count). The first-order valence-electron chi connectivity index (χ1n) is 8.30. The van der Waals surface area contributed by atoms with Crippen molar-refractivity contribution in [2.45, 2.75) is 0 Å². The second kappa shape index (κ2) is 16.4. The fourth-order valence-electron chi connectivity index (χ4n) is 2.58. The van der Waals surface area contributed by atoms with Crippen LogP contribution in [0.5, 0.6) is 0 Å². The fraction of sp³-hybridized carbons (Fsp3) is 0. The Morgan fingerprint density at radius 1 is 0.517 bits per heavy atom. The summed E-state index contributed by atoms with van der Waals surface area (Å²) >= 11 is 0. The second-order valence-corrected chi connectivity index (χ2v) is 6.25. The Bertz CT molecular complexity index is 896. The average molecular weight is 515 g/mol. The molecule has 0 heterocycles. The summed E-state index contributed by atoms with van der Waals surface area (Å²) in [6.07, 6.45) is 0. The van der Waals surface area contributed by atoms with Crippen molar-refractivity contribution in [3.05, 3.63) is 123 Å². The number of fused-ring (bicyclic) bond motifs is 2. The van der Waals surface area contributed by atoms with Gasteiger partial charge in [-0.05, 0) is 0 Å². The molecule has 0 N–H and O–H groups in total. The zero-order valence-electron chi connectivity index (χ0n) is 16.3. The molecule has 0 atom stereocenters. The molecule has 5 aromatic rings. The molecular weight excluding hydrogens is 490 g/mol. The van der Waals surface area contributed by atoms with E-state index in [-0.39, 0.29) is 58.4 Å². The average Bonchev–Trinajstić information content (AvgIpc) is 3.32.